The second-order valence-electron chi connectivity index (χ2n) is 6.05. The summed E-state index contributed by atoms with van der Waals surface area (Å²) in [5, 5.41) is 4.17. The van der Waals surface area contributed by atoms with E-state index in [0.717, 1.165) is 42.9 Å². The summed E-state index contributed by atoms with van der Waals surface area (Å²) >= 11 is 1.71. The second-order valence-corrected chi connectivity index (χ2v) is 7.22. The van der Waals surface area contributed by atoms with Crippen molar-refractivity contribution in [2.75, 3.05) is 0 Å². The molecule has 0 amide bonds. The van der Waals surface area contributed by atoms with Crippen molar-refractivity contribution in [2.45, 2.75) is 57.9 Å². The van der Waals surface area contributed by atoms with E-state index in [1.54, 1.807) is 11.3 Å². The highest BCUT2D eigenvalue weighted by molar-refractivity contribution is 7.15. The van der Waals surface area contributed by atoms with Gasteiger partial charge in [-0.25, -0.2) is 0 Å². The normalized spacial score (nSPS) is 26.1. The van der Waals surface area contributed by atoms with Gasteiger partial charge in [0.05, 0.1) is 10.4 Å². The Bertz CT molecular complexity index is 596. The van der Waals surface area contributed by atoms with E-state index in [4.69, 9.17) is 10.3 Å². The Morgan fingerprint density at radius 1 is 1.33 bits per heavy atom. The molecule has 0 bridgehead atoms. The first kappa shape index (κ1) is 14.7. The molecular weight excluding hydrogens is 282 g/mol. The van der Waals surface area contributed by atoms with Gasteiger partial charge in [-0.15, -0.1) is 11.3 Å². The highest BCUT2D eigenvalue weighted by Gasteiger charge is 2.37. The van der Waals surface area contributed by atoms with Crippen LogP contribution in [0.3, 0.4) is 0 Å². The zero-order valence-corrected chi connectivity index (χ0v) is 13.6. The third-order valence-electron chi connectivity index (χ3n) is 4.67. The van der Waals surface area contributed by atoms with E-state index >= 15 is 0 Å². The third kappa shape index (κ3) is 2.90. The average molecular weight is 305 g/mol. The minimum atomic E-state index is -0.404. The summed E-state index contributed by atoms with van der Waals surface area (Å²) in [4.78, 5) is 6.95. The Morgan fingerprint density at radius 2 is 2.10 bits per heavy atom. The van der Waals surface area contributed by atoms with Gasteiger partial charge in [-0.05, 0) is 50.2 Å². The largest absolute Gasteiger partial charge is 0.333 e. The van der Waals surface area contributed by atoms with Gasteiger partial charge >= 0.3 is 0 Å². The van der Waals surface area contributed by atoms with Gasteiger partial charge in [-0.1, -0.05) is 25.4 Å². The van der Waals surface area contributed by atoms with E-state index in [2.05, 4.69) is 36.1 Å². The maximum Gasteiger partial charge on any atom is 0.268 e. The van der Waals surface area contributed by atoms with Gasteiger partial charge in [0.1, 0.15) is 0 Å². The monoisotopic (exact) mass is 305 g/mol. The molecule has 0 radical (unpaired) electrons. The fourth-order valence-corrected chi connectivity index (χ4v) is 3.90. The van der Waals surface area contributed by atoms with Gasteiger partial charge < -0.3 is 10.3 Å². The number of nitrogens with two attached hydrogens (primary N) is 1. The molecule has 114 valence electrons. The van der Waals surface area contributed by atoms with Gasteiger partial charge in [0.2, 0.25) is 0 Å². The number of rotatable bonds is 4. The molecule has 2 aromatic rings. The van der Waals surface area contributed by atoms with Crippen LogP contribution in [-0.2, 0) is 12.0 Å². The molecule has 0 spiro atoms. The summed E-state index contributed by atoms with van der Waals surface area (Å²) in [6.07, 6.45) is 6.50. The summed E-state index contributed by atoms with van der Waals surface area (Å²) in [7, 11) is 0. The van der Waals surface area contributed by atoms with Crippen molar-refractivity contribution in [1.82, 2.24) is 10.1 Å². The SMILES string of the molecule is CCc1ccc(-c2nc(C3(N)CCC(CC)CC3)no2)s1. The van der Waals surface area contributed by atoms with Gasteiger partial charge in [0, 0.05) is 4.88 Å². The minimum absolute atomic E-state index is 0.404. The van der Waals surface area contributed by atoms with Crippen LogP contribution in [0.5, 0.6) is 0 Å². The molecule has 1 aliphatic carbocycles. The predicted molar refractivity (Wildman–Crippen MR) is 85.1 cm³/mol. The fraction of sp³-hybridized carbons (Fsp3) is 0.625. The van der Waals surface area contributed by atoms with E-state index < -0.39 is 5.54 Å². The number of aromatic nitrogens is 2. The quantitative estimate of drug-likeness (QED) is 0.923. The number of hydrogen-bond donors (Lipinski definition) is 1. The number of thiophene rings is 1. The lowest BCUT2D eigenvalue weighted by Gasteiger charge is -2.34. The highest BCUT2D eigenvalue weighted by Crippen LogP contribution is 2.38. The molecule has 21 heavy (non-hydrogen) atoms. The molecular formula is C16H23N3OS. The van der Waals surface area contributed by atoms with Crippen molar-refractivity contribution in [3.63, 3.8) is 0 Å². The number of hydrogen-bond acceptors (Lipinski definition) is 5. The third-order valence-corrected chi connectivity index (χ3v) is 5.88. The number of aryl methyl sites for hydroxylation is 1. The van der Waals surface area contributed by atoms with E-state index in [1.165, 1.54) is 11.3 Å². The topological polar surface area (TPSA) is 64.9 Å². The first-order chi connectivity index (χ1) is 10.1. The molecule has 0 atom stereocenters. The summed E-state index contributed by atoms with van der Waals surface area (Å²) in [6.45, 7) is 4.40. The van der Waals surface area contributed by atoms with Crippen LogP contribution in [-0.4, -0.2) is 10.1 Å². The van der Waals surface area contributed by atoms with Crippen molar-refractivity contribution in [1.29, 1.82) is 0 Å². The van der Waals surface area contributed by atoms with Gasteiger partial charge in [-0.2, -0.15) is 4.98 Å². The predicted octanol–water partition coefficient (Wildman–Crippen LogP) is 4.11. The maximum atomic E-state index is 6.54. The first-order valence-electron chi connectivity index (χ1n) is 7.86. The summed E-state index contributed by atoms with van der Waals surface area (Å²) in [6, 6.07) is 4.17. The van der Waals surface area contributed by atoms with Crippen LogP contribution in [0.1, 0.15) is 56.7 Å². The fourth-order valence-electron chi connectivity index (χ4n) is 3.03. The standard InChI is InChI=1S/C16H23N3OS/c1-3-11-7-9-16(17,10-8-11)15-18-14(20-19-15)13-6-5-12(4-2)21-13/h5-6,11H,3-4,7-10,17H2,1-2H3. The van der Waals surface area contributed by atoms with Crippen LogP contribution in [0, 0.1) is 5.92 Å². The summed E-state index contributed by atoms with van der Waals surface area (Å²) in [5.74, 6) is 2.09. The van der Waals surface area contributed by atoms with Gasteiger partial charge in [0.15, 0.2) is 5.82 Å². The molecule has 0 unspecified atom stereocenters. The lowest BCUT2D eigenvalue weighted by Crippen LogP contribution is -2.41. The van der Waals surface area contributed by atoms with Crippen LogP contribution in [0.25, 0.3) is 10.8 Å². The van der Waals surface area contributed by atoms with Crippen LogP contribution >= 0.6 is 11.3 Å². The Balaban J connectivity index is 1.78. The van der Waals surface area contributed by atoms with Crippen molar-refractivity contribution in [3.8, 4) is 10.8 Å². The molecule has 5 heteroatoms. The van der Waals surface area contributed by atoms with E-state index in [0.29, 0.717) is 11.7 Å². The summed E-state index contributed by atoms with van der Waals surface area (Å²) in [5.41, 5.74) is 6.13. The molecule has 2 heterocycles. The molecule has 0 aromatic carbocycles. The second kappa shape index (κ2) is 5.89. The molecule has 0 saturated heterocycles. The van der Waals surface area contributed by atoms with Crippen molar-refractivity contribution in [3.05, 3.63) is 22.8 Å². The molecule has 1 saturated carbocycles. The minimum Gasteiger partial charge on any atom is -0.333 e. The van der Waals surface area contributed by atoms with Gasteiger partial charge in [-0.3, -0.25) is 0 Å². The molecule has 3 rings (SSSR count). The summed E-state index contributed by atoms with van der Waals surface area (Å²) < 4.78 is 5.45. The van der Waals surface area contributed by atoms with E-state index in [9.17, 15) is 0 Å². The molecule has 4 nitrogen and oxygen atoms in total. The lowest BCUT2D eigenvalue weighted by atomic mass is 9.76. The van der Waals surface area contributed by atoms with Crippen LogP contribution < -0.4 is 5.73 Å². The zero-order valence-electron chi connectivity index (χ0n) is 12.8. The Morgan fingerprint density at radius 3 is 2.71 bits per heavy atom. The smallest absolute Gasteiger partial charge is 0.268 e. The highest BCUT2D eigenvalue weighted by atomic mass is 32.1. The molecule has 0 aliphatic heterocycles. The lowest BCUT2D eigenvalue weighted by molar-refractivity contribution is 0.216. The van der Waals surface area contributed by atoms with Crippen LogP contribution in [0.4, 0.5) is 0 Å². The molecule has 2 N–H and O–H groups in total. The van der Waals surface area contributed by atoms with E-state index in [1.807, 2.05) is 0 Å². The molecule has 1 fully saturated rings. The number of nitrogens with zero attached hydrogens (tertiary/aromatic N) is 2. The van der Waals surface area contributed by atoms with Crippen molar-refractivity contribution < 1.29 is 4.52 Å². The maximum absolute atomic E-state index is 6.54. The first-order valence-corrected chi connectivity index (χ1v) is 8.68. The molecule has 2 aromatic heterocycles. The Hall–Kier alpha value is -1.20. The van der Waals surface area contributed by atoms with E-state index in [-0.39, 0.29) is 0 Å². The Labute approximate surface area is 129 Å². The van der Waals surface area contributed by atoms with Crippen molar-refractivity contribution >= 4 is 11.3 Å². The van der Waals surface area contributed by atoms with Crippen LogP contribution in [0.15, 0.2) is 16.7 Å². The zero-order chi connectivity index (χ0) is 14.9. The van der Waals surface area contributed by atoms with Crippen LogP contribution in [0.2, 0.25) is 0 Å². The van der Waals surface area contributed by atoms with Gasteiger partial charge in [0.25, 0.3) is 5.89 Å². The van der Waals surface area contributed by atoms with Crippen molar-refractivity contribution in [2.24, 2.45) is 11.7 Å². The average Bonchev–Trinajstić information content (AvgIpc) is 3.17. The molecule has 1 aliphatic rings. The Kier molecular flexibility index (Phi) is 4.13.